The van der Waals surface area contributed by atoms with Crippen LogP contribution in [0.15, 0.2) is 48.7 Å². The minimum Gasteiger partial charge on any atom is -0.496 e. The second-order valence-electron chi connectivity index (χ2n) is 4.29. The number of hydrogen-bond donors (Lipinski definition) is 2. The largest absolute Gasteiger partial charge is 0.496 e. The highest BCUT2D eigenvalue weighted by Gasteiger charge is 2.09. The molecule has 0 radical (unpaired) electrons. The summed E-state index contributed by atoms with van der Waals surface area (Å²) in [4.78, 5) is 11.4. The molecule has 0 saturated heterocycles. The Labute approximate surface area is 116 Å². The second kappa shape index (κ2) is 5.05. The van der Waals surface area contributed by atoms with Gasteiger partial charge in [0.1, 0.15) is 5.75 Å². The zero-order valence-electron chi connectivity index (χ0n) is 11.0. The number of nitrogens with zero attached hydrogens (tertiary/aromatic N) is 2. The van der Waals surface area contributed by atoms with Crippen LogP contribution in [0.25, 0.3) is 22.6 Å². The maximum absolute atomic E-state index is 5.60. The molecule has 0 saturated carbocycles. The Morgan fingerprint density at radius 3 is 2.65 bits per heavy atom. The number of para-hydroxylation sites is 1. The molecule has 1 aromatic carbocycles. The van der Waals surface area contributed by atoms with Crippen molar-refractivity contribution in [2.24, 2.45) is 0 Å². The fourth-order valence-corrected chi connectivity index (χ4v) is 2.09. The third kappa shape index (κ3) is 2.21. The summed E-state index contributed by atoms with van der Waals surface area (Å²) in [5.41, 5.74) is 9.23. The van der Waals surface area contributed by atoms with Crippen molar-refractivity contribution in [3.63, 3.8) is 0 Å². The normalized spacial score (nSPS) is 10.4. The van der Waals surface area contributed by atoms with Crippen molar-refractivity contribution in [2.45, 2.75) is 0 Å². The lowest BCUT2D eigenvalue weighted by atomic mass is 10.1. The van der Waals surface area contributed by atoms with E-state index in [2.05, 4.69) is 15.0 Å². The summed E-state index contributed by atoms with van der Waals surface area (Å²) in [5.74, 6) is 1.08. The van der Waals surface area contributed by atoms with E-state index in [-0.39, 0.29) is 5.95 Å². The van der Waals surface area contributed by atoms with Crippen LogP contribution in [0.5, 0.6) is 5.75 Å². The minimum atomic E-state index is 0.260. The molecular weight excluding hydrogens is 252 g/mol. The molecule has 20 heavy (non-hydrogen) atoms. The standard InChI is InChI=1S/C15H14N4O/c1-20-14-5-3-2-4-10(14)11-6-7-12(18-11)13-8-9-17-15(16)19-13/h2-9,18H,1H3,(H2,16,17,19). The third-order valence-corrected chi connectivity index (χ3v) is 3.03. The Morgan fingerprint density at radius 2 is 1.85 bits per heavy atom. The van der Waals surface area contributed by atoms with Crippen molar-refractivity contribution in [1.82, 2.24) is 15.0 Å². The van der Waals surface area contributed by atoms with Gasteiger partial charge in [-0.25, -0.2) is 9.97 Å². The van der Waals surface area contributed by atoms with Gasteiger partial charge in [-0.05, 0) is 30.3 Å². The zero-order chi connectivity index (χ0) is 13.9. The number of H-pyrrole nitrogens is 1. The lowest BCUT2D eigenvalue weighted by molar-refractivity contribution is 0.416. The van der Waals surface area contributed by atoms with Gasteiger partial charge in [-0.2, -0.15) is 0 Å². The quantitative estimate of drug-likeness (QED) is 0.764. The molecule has 0 bridgehead atoms. The van der Waals surface area contributed by atoms with Crippen molar-refractivity contribution in [1.29, 1.82) is 0 Å². The number of aromatic nitrogens is 3. The molecule has 0 amide bonds. The first-order valence-electron chi connectivity index (χ1n) is 6.19. The molecule has 2 heterocycles. The number of ether oxygens (including phenoxy) is 1. The summed E-state index contributed by atoms with van der Waals surface area (Å²) in [7, 11) is 1.66. The smallest absolute Gasteiger partial charge is 0.220 e. The number of methoxy groups -OCH3 is 1. The van der Waals surface area contributed by atoms with Gasteiger partial charge < -0.3 is 15.5 Å². The van der Waals surface area contributed by atoms with E-state index in [1.165, 1.54) is 0 Å². The average Bonchev–Trinajstić information content (AvgIpc) is 2.97. The molecular formula is C15H14N4O. The van der Waals surface area contributed by atoms with Crippen molar-refractivity contribution in [3.8, 4) is 28.4 Å². The highest BCUT2D eigenvalue weighted by molar-refractivity contribution is 5.71. The molecule has 0 aliphatic rings. The molecule has 0 fully saturated rings. The predicted molar refractivity (Wildman–Crippen MR) is 78.2 cm³/mol. The first kappa shape index (κ1) is 12.2. The van der Waals surface area contributed by atoms with Crippen LogP contribution in [0.3, 0.4) is 0 Å². The molecule has 0 spiro atoms. The molecule has 0 unspecified atom stereocenters. The summed E-state index contributed by atoms with van der Waals surface area (Å²) in [5, 5.41) is 0. The van der Waals surface area contributed by atoms with E-state index >= 15 is 0 Å². The van der Waals surface area contributed by atoms with Crippen molar-refractivity contribution < 1.29 is 4.74 Å². The number of nitrogen functional groups attached to an aromatic ring is 1. The van der Waals surface area contributed by atoms with Gasteiger partial charge in [0.2, 0.25) is 5.95 Å². The Balaban J connectivity index is 2.02. The average molecular weight is 266 g/mol. The van der Waals surface area contributed by atoms with Gasteiger partial charge in [0.15, 0.2) is 0 Å². The molecule has 5 nitrogen and oxygen atoms in total. The van der Waals surface area contributed by atoms with Crippen molar-refractivity contribution in [2.75, 3.05) is 12.8 Å². The van der Waals surface area contributed by atoms with Crippen LogP contribution in [-0.4, -0.2) is 22.1 Å². The van der Waals surface area contributed by atoms with Gasteiger partial charge in [-0.3, -0.25) is 0 Å². The van der Waals surface area contributed by atoms with Gasteiger partial charge in [-0.15, -0.1) is 0 Å². The molecule has 3 aromatic rings. The zero-order valence-corrected chi connectivity index (χ0v) is 11.0. The van der Waals surface area contributed by atoms with Gasteiger partial charge in [0, 0.05) is 17.5 Å². The SMILES string of the molecule is COc1ccccc1-c1ccc(-c2ccnc(N)n2)[nH]1. The van der Waals surface area contributed by atoms with Crippen LogP contribution < -0.4 is 10.5 Å². The van der Waals surface area contributed by atoms with E-state index in [1.54, 1.807) is 13.3 Å². The van der Waals surface area contributed by atoms with E-state index in [0.29, 0.717) is 0 Å². The Hall–Kier alpha value is -2.82. The van der Waals surface area contributed by atoms with Gasteiger partial charge in [0.05, 0.1) is 18.5 Å². The van der Waals surface area contributed by atoms with Crippen LogP contribution in [0.2, 0.25) is 0 Å². The molecule has 0 atom stereocenters. The molecule has 0 aliphatic carbocycles. The fraction of sp³-hybridized carbons (Fsp3) is 0.0667. The fourth-order valence-electron chi connectivity index (χ4n) is 2.09. The summed E-state index contributed by atoms with van der Waals surface area (Å²) < 4.78 is 5.37. The lowest BCUT2D eigenvalue weighted by Gasteiger charge is -2.06. The number of rotatable bonds is 3. The van der Waals surface area contributed by atoms with Crippen LogP contribution in [0, 0.1) is 0 Å². The third-order valence-electron chi connectivity index (χ3n) is 3.03. The molecule has 3 rings (SSSR count). The summed E-state index contributed by atoms with van der Waals surface area (Å²) in [6.07, 6.45) is 1.64. The molecule has 0 aliphatic heterocycles. The van der Waals surface area contributed by atoms with Crippen LogP contribution in [0.4, 0.5) is 5.95 Å². The number of nitrogens with one attached hydrogen (secondary N) is 1. The Bertz CT molecular complexity index is 736. The number of hydrogen-bond acceptors (Lipinski definition) is 4. The highest BCUT2D eigenvalue weighted by atomic mass is 16.5. The number of nitrogens with two attached hydrogens (primary N) is 1. The molecule has 3 N–H and O–H groups in total. The van der Waals surface area contributed by atoms with Crippen molar-refractivity contribution in [3.05, 3.63) is 48.7 Å². The van der Waals surface area contributed by atoms with Crippen LogP contribution >= 0.6 is 0 Å². The van der Waals surface area contributed by atoms with Crippen LogP contribution in [-0.2, 0) is 0 Å². The first-order chi connectivity index (χ1) is 9.78. The van der Waals surface area contributed by atoms with Crippen LogP contribution in [0.1, 0.15) is 0 Å². The van der Waals surface area contributed by atoms with Gasteiger partial charge in [0.25, 0.3) is 0 Å². The van der Waals surface area contributed by atoms with E-state index in [4.69, 9.17) is 10.5 Å². The summed E-state index contributed by atoms with van der Waals surface area (Å²) in [6, 6.07) is 13.6. The Kier molecular flexibility index (Phi) is 3.09. The maximum atomic E-state index is 5.60. The minimum absolute atomic E-state index is 0.260. The van der Waals surface area contributed by atoms with E-state index in [0.717, 1.165) is 28.4 Å². The number of aromatic amines is 1. The maximum Gasteiger partial charge on any atom is 0.220 e. The monoisotopic (exact) mass is 266 g/mol. The van der Waals surface area contributed by atoms with E-state index in [1.807, 2.05) is 42.5 Å². The van der Waals surface area contributed by atoms with E-state index in [9.17, 15) is 0 Å². The highest BCUT2D eigenvalue weighted by Crippen LogP contribution is 2.30. The summed E-state index contributed by atoms with van der Waals surface area (Å²) in [6.45, 7) is 0. The second-order valence-corrected chi connectivity index (χ2v) is 4.29. The number of anilines is 1. The molecule has 100 valence electrons. The van der Waals surface area contributed by atoms with E-state index < -0.39 is 0 Å². The Morgan fingerprint density at radius 1 is 1.05 bits per heavy atom. The molecule has 2 aromatic heterocycles. The summed E-state index contributed by atoms with van der Waals surface area (Å²) >= 11 is 0. The topological polar surface area (TPSA) is 76.8 Å². The lowest BCUT2D eigenvalue weighted by Crippen LogP contribution is -1.95. The van der Waals surface area contributed by atoms with Crippen molar-refractivity contribution >= 4 is 5.95 Å². The number of benzene rings is 1. The predicted octanol–water partition coefficient (Wildman–Crippen LogP) is 2.73. The van der Waals surface area contributed by atoms with Gasteiger partial charge in [-0.1, -0.05) is 12.1 Å². The first-order valence-corrected chi connectivity index (χ1v) is 6.19. The molecule has 5 heteroatoms. The van der Waals surface area contributed by atoms with Gasteiger partial charge >= 0.3 is 0 Å².